The number of nitrogens with two attached hydrogens (primary N) is 1. The second-order valence-electron chi connectivity index (χ2n) is 6.80. The molecular weight excluding hydrogens is 288 g/mol. The van der Waals surface area contributed by atoms with Crippen molar-refractivity contribution in [3.8, 4) is 0 Å². The third-order valence-electron chi connectivity index (χ3n) is 4.21. The predicted octanol–water partition coefficient (Wildman–Crippen LogP) is 1.29. The van der Waals surface area contributed by atoms with Gasteiger partial charge in [0.25, 0.3) is 0 Å². The summed E-state index contributed by atoms with van der Waals surface area (Å²) in [5, 5.41) is 4.11. The molecule has 2 heterocycles. The third kappa shape index (κ3) is 3.64. The molecule has 0 aromatic carbocycles. The van der Waals surface area contributed by atoms with Gasteiger partial charge in [-0.15, -0.1) is 0 Å². The molecule has 2 rings (SSSR count). The average molecular weight is 314 g/mol. The first-order valence-corrected chi connectivity index (χ1v) is 8.92. The van der Waals surface area contributed by atoms with Gasteiger partial charge in [-0.3, -0.25) is 4.68 Å². The Labute approximate surface area is 127 Å². The van der Waals surface area contributed by atoms with Gasteiger partial charge in [0, 0.05) is 25.8 Å². The van der Waals surface area contributed by atoms with Crippen LogP contribution in [0.15, 0.2) is 17.3 Å². The van der Waals surface area contributed by atoms with Crippen LogP contribution >= 0.6 is 0 Å². The highest BCUT2D eigenvalue weighted by Crippen LogP contribution is 2.35. The minimum Gasteiger partial charge on any atom is -0.330 e. The van der Waals surface area contributed by atoms with Crippen molar-refractivity contribution < 1.29 is 8.42 Å². The van der Waals surface area contributed by atoms with E-state index in [1.165, 1.54) is 6.20 Å². The summed E-state index contributed by atoms with van der Waals surface area (Å²) in [7, 11) is -3.42. The molecule has 0 saturated carbocycles. The van der Waals surface area contributed by atoms with Gasteiger partial charge in [-0.05, 0) is 30.7 Å². The van der Waals surface area contributed by atoms with Crippen LogP contribution in [0.25, 0.3) is 0 Å². The topological polar surface area (TPSA) is 81.2 Å². The lowest BCUT2D eigenvalue weighted by atomic mass is 9.80. The molecule has 1 saturated heterocycles. The number of sulfonamides is 1. The number of aromatic nitrogens is 2. The lowest BCUT2D eigenvalue weighted by Gasteiger charge is -2.26. The van der Waals surface area contributed by atoms with E-state index in [2.05, 4.69) is 25.9 Å². The van der Waals surface area contributed by atoms with Crippen molar-refractivity contribution in [2.24, 2.45) is 17.1 Å². The number of hydrogen-bond acceptors (Lipinski definition) is 4. The van der Waals surface area contributed by atoms with Crippen molar-refractivity contribution in [3.05, 3.63) is 12.4 Å². The zero-order valence-electron chi connectivity index (χ0n) is 13.1. The molecular formula is C14H26N4O2S. The lowest BCUT2D eigenvalue weighted by Crippen LogP contribution is -2.31. The highest BCUT2D eigenvalue weighted by molar-refractivity contribution is 7.89. The lowest BCUT2D eigenvalue weighted by molar-refractivity contribution is 0.252. The van der Waals surface area contributed by atoms with Crippen molar-refractivity contribution in [3.63, 3.8) is 0 Å². The van der Waals surface area contributed by atoms with Crippen LogP contribution in [0.1, 0.15) is 33.6 Å². The SMILES string of the molecule is CC(C)(C)C1CCN(S(=O)(=O)c2cnn(CCCN)c2)C1. The summed E-state index contributed by atoms with van der Waals surface area (Å²) in [6.07, 6.45) is 4.76. The monoisotopic (exact) mass is 314 g/mol. The first kappa shape index (κ1) is 16.5. The molecule has 120 valence electrons. The fraction of sp³-hybridized carbons (Fsp3) is 0.786. The Morgan fingerprint density at radius 1 is 1.43 bits per heavy atom. The molecule has 0 radical (unpaired) electrons. The Balaban J connectivity index is 2.10. The van der Waals surface area contributed by atoms with Crippen LogP contribution in [0.4, 0.5) is 0 Å². The first-order valence-electron chi connectivity index (χ1n) is 7.48. The quantitative estimate of drug-likeness (QED) is 0.888. The Morgan fingerprint density at radius 3 is 2.71 bits per heavy atom. The second kappa shape index (κ2) is 6.06. The molecule has 1 unspecified atom stereocenters. The number of hydrogen-bond donors (Lipinski definition) is 1. The van der Waals surface area contributed by atoms with Crippen molar-refractivity contribution in [1.82, 2.24) is 14.1 Å². The molecule has 0 aliphatic carbocycles. The van der Waals surface area contributed by atoms with Gasteiger partial charge in [0.2, 0.25) is 10.0 Å². The average Bonchev–Trinajstić information content (AvgIpc) is 3.05. The summed E-state index contributed by atoms with van der Waals surface area (Å²) in [5.41, 5.74) is 5.59. The van der Waals surface area contributed by atoms with Crippen LogP contribution < -0.4 is 5.73 Å². The summed E-state index contributed by atoms with van der Waals surface area (Å²) >= 11 is 0. The maximum atomic E-state index is 12.6. The molecule has 6 nitrogen and oxygen atoms in total. The summed E-state index contributed by atoms with van der Waals surface area (Å²) in [5.74, 6) is 0.402. The van der Waals surface area contributed by atoms with Gasteiger partial charge >= 0.3 is 0 Å². The van der Waals surface area contributed by atoms with Gasteiger partial charge in [-0.25, -0.2) is 8.42 Å². The van der Waals surface area contributed by atoms with Gasteiger partial charge in [-0.2, -0.15) is 9.40 Å². The van der Waals surface area contributed by atoms with Gasteiger partial charge < -0.3 is 5.73 Å². The van der Waals surface area contributed by atoms with Crippen molar-refractivity contribution >= 4 is 10.0 Å². The highest BCUT2D eigenvalue weighted by Gasteiger charge is 2.38. The zero-order chi connectivity index (χ0) is 15.7. The molecule has 1 aromatic rings. The minimum absolute atomic E-state index is 0.135. The van der Waals surface area contributed by atoms with Crippen molar-refractivity contribution in [2.75, 3.05) is 19.6 Å². The fourth-order valence-corrected chi connectivity index (χ4v) is 4.11. The molecule has 7 heteroatoms. The molecule has 1 atom stereocenters. The van der Waals surface area contributed by atoms with Crippen LogP contribution in [-0.4, -0.2) is 42.1 Å². The molecule has 1 aliphatic rings. The third-order valence-corrected chi connectivity index (χ3v) is 6.03. The van der Waals surface area contributed by atoms with Crippen molar-refractivity contribution in [2.45, 2.75) is 45.1 Å². The van der Waals surface area contributed by atoms with Gasteiger partial charge in [0.05, 0.1) is 6.20 Å². The van der Waals surface area contributed by atoms with Crippen LogP contribution in [0.2, 0.25) is 0 Å². The Hall–Kier alpha value is -0.920. The van der Waals surface area contributed by atoms with Crippen LogP contribution in [0.5, 0.6) is 0 Å². The first-order chi connectivity index (χ1) is 9.75. The van der Waals surface area contributed by atoms with E-state index in [9.17, 15) is 8.42 Å². The highest BCUT2D eigenvalue weighted by atomic mass is 32.2. The fourth-order valence-electron chi connectivity index (χ4n) is 2.66. The summed E-state index contributed by atoms with van der Waals surface area (Å²) in [6, 6.07) is 0. The molecule has 21 heavy (non-hydrogen) atoms. The maximum absolute atomic E-state index is 12.6. The summed E-state index contributed by atoms with van der Waals surface area (Å²) < 4.78 is 28.5. The molecule has 1 aliphatic heterocycles. The Morgan fingerprint density at radius 2 is 2.14 bits per heavy atom. The van der Waals surface area contributed by atoms with E-state index in [0.29, 0.717) is 32.1 Å². The minimum atomic E-state index is -3.42. The molecule has 1 aromatic heterocycles. The molecule has 0 spiro atoms. The van der Waals surface area contributed by atoms with E-state index in [1.54, 1.807) is 15.2 Å². The largest absolute Gasteiger partial charge is 0.330 e. The Kier molecular flexibility index (Phi) is 4.75. The molecule has 1 fully saturated rings. The van der Waals surface area contributed by atoms with E-state index in [0.717, 1.165) is 12.8 Å². The summed E-state index contributed by atoms with van der Waals surface area (Å²) in [4.78, 5) is 0.286. The predicted molar refractivity (Wildman–Crippen MR) is 82.2 cm³/mol. The van der Waals surface area contributed by atoms with Crippen LogP contribution in [0.3, 0.4) is 0 Å². The van der Waals surface area contributed by atoms with E-state index in [1.807, 2.05) is 0 Å². The summed E-state index contributed by atoms with van der Waals surface area (Å²) in [6.45, 7) is 8.91. The van der Waals surface area contributed by atoms with E-state index < -0.39 is 10.0 Å². The number of aryl methyl sites for hydroxylation is 1. The normalized spacial score (nSPS) is 21.0. The van der Waals surface area contributed by atoms with Crippen molar-refractivity contribution in [1.29, 1.82) is 0 Å². The standard InChI is InChI=1S/C14H26N4O2S/c1-14(2,3)12-5-8-18(10-12)21(19,20)13-9-16-17(11-13)7-4-6-15/h9,11-12H,4-8,10,15H2,1-3H3. The van der Waals surface area contributed by atoms with E-state index in [4.69, 9.17) is 5.73 Å². The molecule has 2 N–H and O–H groups in total. The Bertz CT molecular complexity index is 574. The number of nitrogens with zero attached hydrogens (tertiary/aromatic N) is 3. The van der Waals surface area contributed by atoms with E-state index >= 15 is 0 Å². The smallest absolute Gasteiger partial charge is 0.246 e. The molecule has 0 bridgehead atoms. The van der Waals surface area contributed by atoms with Gasteiger partial charge in [-0.1, -0.05) is 20.8 Å². The second-order valence-corrected chi connectivity index (χ2v) is 8.73. The van der Waals surface area contributed by atoms with Gasteiger partial charge in [0.15, 0.2) is 0 Å². The van der Waals surface area contributed by atoms with E-state index in [-0.39, 0.29) is 10.3 Å². The molecule has 0 amide bonds. The van der Waals surface area contributed by atoms with Crippen LogP contribution in [0, 0.1) is 11.3 Å². The van der Waals surface area contributed by atoms with Crippen LogP contribution in [-0.2, 0) is 16.6 Å². The van der Waals surface area contributed by atoms with Gasteiger partial charge in [0.1, 0.15) is 4.90 Å². The number of rotatable bonds is 5. The maximum Gasteiger partial charge on any atom is 0.246 e. The zero-order valence-corrected chi connectivity index (χ0v) is 13.9.